The van der Waals surface area contributed by atoms with Crippen molar-refractivity contribution in [3.05, 3.63) is 29.8 Å². The van der Waals surface area contributed by atoms with Gasteiger partial charge in [-0.2, -0.15) is 5.26 Å². The molecular formula is C14H18N2O2S. The molecule has 0 heterocycles. The summed E-state index contributed by atoms with van der Waals surface area (Å²) in [6.45, 7) is 4.31. The van der Waals surface area contributed by atoms with Crippen LogP contribution in [0.4, 0.5) is 0 Å². The first-order valence-electron chi connectivity index (χ1n) is 6.35. The van der Waals surface area contributed by atoms with Crippen molar-refractivity contribution in [1.29, 1.82) is 5.26 Å². The standard InChI is InChI=1S/C14H18N2O2S/c1-14(2)8-7-12(9-14)16-19(17,18)13-5-3-11(10-15)4-6-13/h3-6,12,16H,7-9H2,1-2H3. The van der Waals surface area contributed by atoms with Gasteiger partial charge in [0.05, 0.1) is 16.5 Å². The molecule has 4 nitrogen and oxygen atoms in total. The van der Waals surface area contributed by atoms with Gasteiger partial charge < -0.3 is 0 Å². The van der Waals surface area contributed by atoms with Gasteiger partial charge in [0, 0.05) is 6.04 Å². The molecule has 0 aliphatic heterocycles. The summed E-state index contributed by atoms with van der Waals surface area (Å²) in [6, 6.07) is 7.97. The third-order valence-corrected chi connectivity index (χ3v) is 5.12. The highest BCUT2D eigenvalue weighted by molar-refractivity contribution is 7.89. The Morgan fingerprint density at radius 1 is 1.32 bits per heavy atom. The molecule has 1 aromatic rings. The third kappa shape index (κ3) is 3.34. The quantitative estimate of drug-likeness (QED) is 0.923. The molecule has 0 amide bonds. The van der Waals surface area contributed by atoms with Gasteiger partial charge in [0.15, 0.2) is 0 Å². The van der Waals surface area contributed by atoms with Gasteiger partial charge in [-0.3, -0.25) is 0 Å². The molecule has 0 radical (unpaired) electrons. The molecule has 1 saturated carbocycles. The van der Waals surface area contributed by atoms with Gasteiger partial charge >= 0.3 is 0 Å². The summed E-state index contributed by atoms with van der Waals surface area (Å²) < 4.78 is 27.2. The van der Waals surface area contributed by atoms with E-state index in [0.717, 1.165) is 19.3 Å². The van der Waals surface area contributed by atoms with Crippen LogP contribution in [0.2, 0.25) is 0 Å². The lowest BCUT2D eigenvalue weighted by atomic mass is 9.92. The first kappa shape index (κ1) is 14.0. The molecule has 1 aromatic carbocycles. The Bertz CT molecular complexity index is 597. The largest absolute Gasteiger partial charge is 0.240 e. The fourth-order valence-electron chi connectivity index (χ4n) is 2.53. The average molecular weight is 278 g/mol. The van der Waals surface area contributed by atoms with Crippen molar-refractivity contribution in [3.63, 3.8) is 0 Å². The van der Waals surface area contributed by atoms with Crippen LogP contribution in [-0.4, -0.2) is 14.5 Å². The fourth-order valence-corrected chi connectivity index (χ4v) is 3.80. The summed E-state index contributed by atoms with van der Waals surface area (Å²) in [5.74, 6) is 0. The molecule has 0 spiro atoms. The molecule has 102 valence electrons. The number of nitrogens with one attached hydrogen (secondary N) is 1. The van der Waals surface area contributed by atoms with Crippen LogP contribution in [0.25, 0.3) is 0 Å². The highest BCUT2D eigenvalue weighted by Gasteiger charge is 2.33. The lowest BCUT2D eigenvalue weighted by molar-refractivity contribution is 0.372. The number of rotatable bonds is 3. The van der Waals surface area contributed by atoms with E-state index >= 15 is 0 Å². The van der Waals surface area contributed by atoms with Crippen LogP contribution in [0, 0.1) is 16.7 Å². The molecule has 5 heteroatoms. The molecule has 1 fully saturated rings. The van der Waals surface area contributed by atoms with Gasteiger partial charge in [-0.15, -0.1) is 0 Å². The van der Waals surface area contributed by atoms with Crippen LogP contribution in [0.1, 0.15) is 38.7 Å². The van der Waals surface area contributed by atoms with Gasteiger partial charge in [-0.1, -0.05) is 13.8 Å². The molecule has 2 rings (SSSR count). The minimum Gasteiger partial charge on any atom is -0.208 e. The topological polar surface area (TPSA) is 70.0 Å². The van der Waals surface area contributed by atoms with E-state index in [0.29, 0.717) is 5.56 Å². The number of nitriles is 1. The Balaban J connectivity index is 2.12. The van der Waals surface area contributed by atoms with Crippen LogP contribution in [0.15, 0.2) is 29.2 Å². The highest BCUT2D eigenvalue weighted by atomic mass is 32.2. The number of hydrogen-bond acceptors (Lipinski definition) is 3. The third-order valence-electron chi connectivity index (χ3n) is 3.58. The second kappa shape index (κ2) is 4.95. The molecule has 19 heavy (non-hydrogen) atoms. The van der Waals surface area contributed by atoms with Crippen LogP contribution < -0.4 is 4.72 Å². The van der Waals surface area contributed by atoms with Crippen molar-refractivity contribution in [3.8, 4) is 6.07 Å². The van der Waals surface area contributed by atoms with E-state index in [2.05, 4.69) is 18.6 Å². The smallest absolute Gasteiger partial charge is 0.208 e. The monoisotopic (exact) mass is 278 g/mol. The van der Waals surface area contributed by atoms with Gasteiger partial charge in [-0.05, 0) is 48.9 Å². The Morgan fingerprint density at radius 2 is 1.95 bits per heavy atom. The fraction of sp³-hybridized carbons (Fsp3) is 0.500. The minimum absolute atomic E-state index is 0.00985. The van der Waals surface area contributed by atoms with Crippen molar-refractivity contribution >= 4 is 10.0 Å². The molecule has 1 unspecified atom stereocenters. The predicted octanol–water partition coefficient (Wildman–Crippen LogP) is 2.42. The van der Waals surface area contributed by atoms with Crippen LogP contribution in [-0.2, 0) is 10.0 Å². The molecule has 1 aliphatic rings. The molecule has 1 atom stereocenters. The molecular weight excluding hydrogens is 260 g/mol. The maximum absolute atomic E-state index is 12.2. The second-order valence-electron chi connectivity index (χ2n) is 5.86. The van der Waals surface area contributed by atoms with E-state index < -0.39 is 10.0 Å². The van der Waals surface area contributed by atoms with E-state index in [1.807, 2.05) is 6.07 Å². The SMILES string of the molecule is CC1(C)CCC(NS(=O)(=O)c2ccc(C#N)cc2)C1. The van der Waals surface area contributed by atoms with Crippen LogP contribution >= 0.6 is 0 Å². The Morgan fingerprint density at radius 3 is 2.42 bits per heavy atom. The molecule has 0 aromatic heterocycles. The number of benzene rings is 1. The Kier molecular flexibility index (Phi) is 3.66. The molecule has 1 aliphatic carbocycles. The van der Waals surface area contributed by atoms with Gasteiger partial charge in [0.2, 0.25) is 10.0 Å². The molecule has 0 saturated heterocycles. The van der Waals surface area contributed by atoms with Crippen molar-refractivity contribution in [2.75, 3.05) is 0 Å². The van der Waals surface area contributed by atoms with Gasteiger partial charge in [-0.25, -0.2) is 13.1 Å². The maximum atomic E-state index is 12.2. The van der Waals surface area contributed by atoms with Gasteiger partial charge in [0.1, 0.15) is 0 Å². The number of sulfonamides is 1. The lowest BCUT2D eigenvalue weighted by Crippen LogP contribution is -2.33. The predicted molar refractivity (Wildman–Crippen MR) is 72.9 cm³/mol. The summed E-state index contributed by atoms with van der Waals surface area (Å²) in [7, 11) is -3.48. The first-order chi connectivity index (χ1) is 8.82. The average Bonchev–Trinajstić information content (AvgIpc) is 2.68. The number of hydrogen-bond donors (Lipinski definition) is 1. The van der Waals surface area contributed by atoms with Crippen molar-refractivity contribution < 1.29 is 8.42 Å². The second-order valence-corrected chi connectivity index (χ2v) is 7.58. The zero-order chi connectivity index (χ0) is 14.1. The normalized spacial score (nSPS) is 22.1. The van der Waals surface area contributed by atoms with E-state index in [1.165, 1.54) is 24.3 Å². The first-order valence-corrected chi connectivity index (χ1v) is 7.83. The Labute approximate surface area is 114 Å². The van der Waals surface area contributed by atoms with E-state index in [1.54, 1.807) is 0 Å². The minimum atomic E-state index is -3.48. The Hall–Kier alpha value is -1.38. The van der Waals surface area contributed by atoms with E-state index in [9.17, 15) is 8.42 Å². The maximum Gasteiger partial charge on any atom is 0.240 e. The summed E-state index contributed by atoms with van der Waals surface area (Å²) in [5, 5.41) is 8.70. The van der Waals surface area contributed by atoms with Gasteiger partial charge in [0.25, 0.3) is 0 Å². The van der Waals surface area contributed by atoms with Crippen molar-refractivity contribution in [1.82, 2.24) is 4.72 Å². The highest BCUT2D eigenvalue weighted by Crippen LogP contribution is 2.37. The van der Waals surface area contributed by atoms with E-state index in [-0.39, 0.29) is 16.4 Å². The zero-order valence-corrected chi connectivity index (χ0v) is 12.0. The van der Waals surface area contributed by atoms with Crippen molar-refractivity contribution in [2.24, 2.45) is 5.41 Å². The lowest BCUT2D eigenvalue weighted by Gasteiger charge is -2.17. The summed E-state index contributed by atoms with van der Waals surface area (Å²) in [6.07, 6.45) is 2.78. The van der Waals surface area contributed by atoms with E-state index in [4.69, 9.17) is 5.26 Å². The summed E-state index contributed by atoms with van der Waals surface area (Å²) >= 11 is 0. The molecule has 0 bridgehead atoms. The zero-order valence-electron chi connectivity index (χ0n) is 11.2. The van der Waals surface area contributed by atoms with Crippen LogP contribution in [0.3, 0.4) is 0 Å². The summed E-state index contributed by atoms with van der Waals surface area (Å²) in [4.78, 5) is 0.219. The number of nitrogens with zero attached hydrogens (tertiary/aromatic N) is 1. The molecule has 1 N–H and O–H groups in total. The summed E-state index contributed by atoms with van der Waals surface area (Å²) in [5.41, 5.74) is 0.665. The van der Waals surface area contributed by atoms with Crippen molar-refractivity contribution in [2.45, 2.75) is 44.0 Å². The van der Waals surface area contributed by atoms with Crippen LogP contribution in [0.5, 0.6) is 0 Å².